The average molecular weight is 564 g/mol. The number of morpholine rings is 1. The SMILES string of the molecule is C=CC1CCC(C)(Cn2c(N3CCOCC34CC4)nc3nc(C(=N)OC(N)=O)nc(-c4cccc(Cl)c4)c32)CC1. The first-order valence-electron chi connectivity index (χ1n) is 13.8. The molecule has 1 amide bonds. The molecule has 3 aromatic rings. The van der Waals surface area contributed by atoms with Crippen molar-refractivity contribution in [2.45, 2.75) is 57.5 Å². The zero-order valence-corrected chi connectivity index (χ0v) is 23.4. The van der Waals surface area contributed by atoms with Crippen LogP contribution in [-0.4, -0.2) is 56.8 Å². The second-order valence-corrected chi connectivity index (χ2v) is 12.1. The van der Waals surface area contributed by atoms with E-state index in [1.807, 2.05) is 18.2 Å². The Labute approximate surface area is 238 Å². The van der Waals surface area contributed by atoms with E-state index in [9.17, 15) is 4.79 Å². The van der Waals surface area contributed by atoms with E-state index in [1.165, 1.54) is 0 Å². The number of halogens is 1. The summed E-state index contributed by atoms with van der Waals surface area (Å²) in [6.07, 6.45) is 7.42. The van der Waals surface area contributed by atoms with Crippen molar-refractivity contribution >= 4 is 40.7 Å². The van der Waals surface area contributed by atoms with Crippen LogP contribution in [-0.2, 0) is 16.0 Å². The Morgan fingerprint density at radius 1 is 1.27 bits per heavy atom. The van der Waals surface area contributed by atoms with Gasteiger partial charge in [-0.2, -0.15) is 4.98 Å². The van der Waals surface area contributed by atoms with Crippen LogP contribution in [0.5, 0.6) is 0 Å². The molecule has 1 aromatic carbocycles. The van der Waals surface area contributed by atoms with Crippen LogP contribution < -0.4 is 10.6 Å². The number of benzene rings is 1. The van der Waals surface area contributed by atoms with Crippen molar-refractivity contribution in [2.24, 2.45) is 17.1 Å². The Morgan fingerprint density at radius 2 is 2.05 bits per heavy atom. The van der Waals surface area contributed by atoms with Gasteiger partial charge in [0.2, 0.25) is 11.8 Å². The molecule has 2 aromatic heterocycles. The second-order valence-electron chi connectivity index (χ2n) is 11.6. The van der Waals surface area contributed by atoms with Gasteiger partial charge in [-0.15, -0.1) is 6.58 Å². The van der Waals surface area contributed by atoms with E-state index in [0.29, 0.717) is 35.5 Å². The van der Waals surface area contributed by atoms with Crippen LogP contribution in [0.1, 0.15) is 51.3 Å². The number of carbonyl (C=O) groups excluding carboxylic acids is 1. The minimum atomic E-state index is -1.10. The van der Waals surface area contributed by atoms with Crippen molar-refractivity contribution in [3.8, 4) is 11.3 Å². The Hall–Kier alpha value is -3.50. The van der Waals surface area contributed by atoms with Gasteiger partial charge < -0.3 is 24.7 Å². The number of carbonyl (C=O) groups is 1. The number of aromatic nitrogens is 4. The van der Waals surface area contributed by atoms with Gasteiger partial charge in [0.1, 0.15) is 11.2 Å². The summed E-state index contributed by atoms with van der Waals surface area (Å²) in [6, 6.07) is 7.41. The van der Waals surface area contributed by atoms with Gasteiger partial charge in [0.25, 0.3) is 5.90 Å². The number of nitrogens with two attached hydrogens (primary N) is 1. The minimum absolute atomic E-state index is 0.0386. The third kappa shape index (κ3) is 4.94. The summed E-state index contributed by atoms with van der Waals surface area (Å²) in [5, 5.41) is 8.85. The van der Waals surface area contributed by atoms with Crippen molar-refractivity contribution in [3.63, 3.8) is 0 Å². The number of ether oxygens (including phenoxy) is 2. The molecule has 40 heavy (non-hydrogen) atoms. The third-order valence-electron chi connectivity index (χ3n) is 8.67. The summed E-state index contributed by atoms with van der Waals surface area (Å²) in [4.78, 5) is 28.3. The van der Waals surface area contributed by atoms with Crippen LogP contribution in [0, 0.1) is 16.7 Å². The fourth-order valence-corrected chi connectivity index (χ4v) is 6.37. The number of fused-ring (bicyclic) bond motifs is 1. The molecule has 10 nitrogen and oxygen atoms in total. The Morgan fingerprint density at radius 3 is 2.73 bits per heavy atom. The highest BCUT2D eigenvalue weighted by Crippen LogP contribution is 2.48. The van der Waals surface area contributed by atoms with Gasteiger partial charge in [-0.3, -0.25) is 5.41 Å². The summed E-state index contributed by atoms with van der Waals surface area (Å²) in [6.45, 7) is 9.13. The molecule has 1 spiro atoms. The Bertz CT molecular complexity index is 1490. The maximum Gasteiger partial charge on any atom is 0.411 e. The van der Waals surface area contributed by atoms with Crippen LogP contribution in [0.4, 0.5) is 10.7 Å². The van der Waals surface area contributed by atoms with Gasteiger partial charge in [0.15, 0.2) is 5.65 Å². The number of primary amides is 1. The van der Waals surface area contributed by atoms with E-state index in [-0.39, 0.29) is 16.8 Å². The van der Waals surface area contributed by atoms with Gasteiger partial charge >= 0.3 is 6.09 Å². The number of hydrogen-bond donors (Lipinski definition) is 2. The smallest absolute Gasteiger partial charge is 0.388 e. The molecule has 2 aliphatic carbocycles. The Kier molecular flexibility index (Phi) is 6.78. The van der Waals surface area contributed by atoms with Crippen LogP contribution in [0.2, 0.25) is 5.02 Å². The lowest BCUT2D eigenvalue weighted by Crippen LogP contribution is -2.49. The lowest BCUT2D eigenvalue weighted by Gasteiger charge is -2.40. The molecule has 2 saturated carbocycles. The van der Waals surface area contributed by atoms with Crippen molar-refractivity contribution < 1.29 is 14.3 Å². The average Bonchev–Trinajstić information content (AvgIpc) is 3.61. The molecule has 0 atom stereocenters. The molecular formula is C29H34ClN7O3. The van der Waals surface area contributed by atoms with Crippen LogP contribution >= 0.6 is 11.6 Å². The van der Waals surface area contributed by atoms with Crippen LogP contribution in [0.25, 0.3) is 22.4 Å². The lowest BCUT2D eigenvalue weighted by molar-refractivity contribution is 0.0845. The van der Waals surface area contributed by atoms with Crippen molar-refractivity contribution in [2.75, 3.05) is 24.7 Å². The number of hydrogen-bond acceptors (Lipinski definition) is 8. The number of imidazole rings is 1. The number of nitrogens with one attached hydrogen (secondary N) is 1. The number of rotatable bonds is 6. The van der Waals surface area contributed by atoms with E-state index in [2.05, 4.69) is 34.0 Å². The number of nitrogens with zero attached hydrogens (tertiary/aromatic N) is 5. The largest absolute Gasteiger partial charge is 0.411 e. The highest BCUT2D eigenvalue weighted by molar-refractivity contribution is 6.30. The molecule has 1 saturated heterocycles. The zero-order valence-electron chi connectivity index (χ0n) is 22.7. The highest BCUT2D eigenvalue weighted by Gasteiger charge is 2.52. The van der Waals surface area contributed by atoms with Crippen molar-refractivity contribution in [3.05, 3.63) is 47.8 Å². The summed E-state index contributed by atoms with van der Waals surface area (Å²) in [5.41, 5.74) is 7.69. The predicted octanol–water partition coefficient (Wildman–Crippen LogP) is 5.32. The van der Waals surface area contributed by atoms with Gasteiger partial charge in [0.05, 0.1) is 18.8 Å². The topological polar surface area (TPSA) is 132 Å². The van der Waals surface area contributed by atoms with Crippen LogP contribution in [0.15, 0.2) is 36.9 Å². The first kappa shape index (κ1) is 26.7. The summed E-state index contributed by atoms with van der Waals surface area (Å²) in [7, 11) is 0. The van der Waals surface area contributed by atoms with E-state index < -0.39 is 12.0 Å². The number of allylic oxidation sites excluding steroid dienone is 1. The molecule has 3 aliphatic rings. The monoisotopic (exact) mass is 563 g/mol. The summed E-state index contributed by atoms with van der Waals surface area (Å²) in [5.74, 6) is 0.775. The van der Waals surface area contributed by atoms with Crippen molar-refractivity contribution in [1.29, 1.82) is 5.41 Å². The standard InChI is InChI=1S/C29H34ClN7O3/c1-3-18-7-9-28(2,10-8-18)16-36-22-21(19-5-4-6-20(30)15-19)33-25(23(31)40-26(32)38)34-24(22)35-27(36)37-13-14-39-17-29(37)11-12-29/h3-6,15,18,31H,1,7-14,16-17H2,2H3,(H2,32,38). The molecule has 0 bridgehead atoms. The van der Waals surface area contributed by atoms with Crippen molar-refractivity contribution in [1.82, 2.24) is 19.5 Å². The molecule has 6 rings (SSSR count). The number of anilines is 1. The molecule has 0 radical (unpaired) electrons. The molecule has 3 heterocycles. The molecule has 3 N–H and O–H groups in total. The normalized spacial score (nSPS) is 23.8. The maximum atomic E-state index is 11.4. The predicted molar refractivity (Wildman–Crippen MR) is 154 cm³/mol. The van der Waals surface area contributed by atoms with Gasteiger partial charge in [-0.05, 0) is 62.0 Å². The summed E-state index contributed by atoms with van der Waals surface area (Å²) < 4.78 is 13.0. The van der Waals surface area contributed by atoms with E-state index in [1.54, 1.807) is 6.07 Å². The molecule has 0 unspecified atom stereocenters. The van der Waals surface area contributed by atoms with E-state index in [4.69, 9.17) is 42.2 Å². The Balaban J connectivity index is 1.56. The van der Waals surface area contributed by atoms with E-state index in [0.717, 1.165) is 68.6 Å². The number of amides is 1. The highest BCUT2D eigenvalue weighted by atomic mass is 35.5. The molecular weight excluding hydrogens is 530 g/mol. The fourth-order valence-electron chi connectivity index (χ4n) is 6.18. The maximum absolute atomic E-state index is 11.4. The first-order valence-corrected chi connectivity index (χ1v) is 14.2. The van der Waals surface area contributed by atoms with Crippen LogP contribution in [0.3, 0.4) is 0 Å². The third-order valence-corrected chi connectivity index (χ3v) is 8.90. The fraction of sp³-hybridized carbons (Fsp3) is 0.483. The van der Waals surface area contributed by atoms with Gasteiger partial charge in [0, 0.05) is 23.7 Å². The molecule has 210 valence electrons. The minimum Gasteiger partial charge on any atom is -0.388 e. The van der Waals surface area contributed by atoms with Gasteiger partial charge in [-0.1, -0.05) is 36.7 Å². The summed E-state index contributed by atoms with van der Waals surface area (Å²) >= 11 is 6.41. The zero-order chi connectivity index (χ0) is 28.1. The second kappa shape index (κ2) is 10.2. The van der Waals surface area contributed by atoms with E-state index >= 15 is 0 Å². The lowest BCUT2D eigenvalue weighted by atomic mass is 9.71. The molecule has 1 aliphatic heterocycles. The van der Waals surface area contributed by atoms with Gasteiger partial charge in [-0.25, -0.2) is 14.8 Å². The molecule has 11 heteroatoms. The molecule has 3 fully saturated rings. The quantitative estimate of drug-likeness (QED) is 0.235. The first-order chi connectivity index (χ1) is 19.2.